The van der Waals surface area contributed by atoms with E-state index in [9.17, 15) is 17.4 Å². The molecule has 148 valence electrons. The number of benzene rings is 1. The maximum Gasteiger partial charge on any atom is 0.433 e. The van der Waals surface area contributed by atoms with Gasteiger partial charge in [-0.15, -0.1) is 11.3 Å². The molecule has 0 radical (unpaired) electrons. The van der Waals surface area contributed by atoms with Crippen molar-refractivity contribution in [3.05, 3.63) is 64.3 Å². The Morgan fingerprint density at radius 1 is 1.14 bits per heavy atom. The number of thiazole rings is 1. The largest absolute Gasteiger partial charge is 0.433 e. The molecule has 0 bridgehead atoms. The van der Waals surface area contributed by atoms with Crippen molar-refractivity contribution in [3.8, 4) is 11.3 Å². The van der Waals surface area contributed by atoms with Crippen molar-refractivity contribution in [3.63, 3.8) is 0 Å². The van der Waals surface area contributed by atoms with Crippen LogP contribution in [0.2, 0.25) is 0 Å². The van der Waals surface area contributed by atoms with Crippen LogP contribution in [-0.2, 0) is 15.9 Å². The highest BCUT2D eigenvalue weighted by Gasteiger charge is 2.32. The van der Waals surface area contributed by atoms with E-state index in [1.54, 1.807) is 0 Å². The van der Waals surface area contributed by atoms with Gasteiger partial charge in [-0.3, -0.25) is 10.1 Å². The monoisotopic (exact) mass is 425 g/mol. The smallest absolute Gasteiger partial charge is 0.253 e. The molecule has 3 aromatic rings. The fourth-order valence-electron chi connectivity index (χ4n) is 2.67. The van der Waals surface area contributed by atoms with Gasteiger partial charge >= 0.3 is 6.18 Å². The summed E-state index contributed by atoms with van der Waals surface area (Å²) in [5, 5.41) is 6.12. The first-order chi connectivity index (χ1) is 13.0. The number of pyridine rings is 1. The van der Waals surface area contributed by atoms with Crippen LogP contribution in [0.3, 0.4) is 0 Å². The zero-order valence-corrected chi connectivity index (χ0v) is 17.0. The lowest BCUT2D eigenvalue weighted by molar-refractivity contribution is -0.141. The Hall–Kier alpha value is -2.23. The minimum absolute atomic E-state index is 0.235. The summed E-state index contributed by atoms with van der Waals surface area (Å²) in [5.74, 6) is 0. The summed E-state index contributed by atoms with van der Waals surface area (Å²) in [6.07, 6.45) is -3.50. The van der Waals surface area contributed by atoms with Gasteiger partial charge in [0.1, 0.15) is 5.69 Å². The van der Waals surface area contributed by atoms with Crippen molar-refractivity contribution in [2.45, 2.75) is 31.3 Å². The van der Waals surface area contributed by atoms with Gasteiger partial charge in [0.25, 0.3) is 0 Å². The molecule has 2 N–H and O–H groups in total. The SMILES string of the molecule is CC(c1ccc(C(F)(F)F)nc1)=S(N)(=O)c1nc(-c2ccccc2C)c(C)s1. The predicted molar refractivity (Wildman–Crippen MR) is 107 cm³/mol. The van der Waals surface area contributed by atoms with Crippen LogP contribution in [0.4, 0.5) is 13.2 Å². The summed E-state index contributed by atoms with van der Waals surface area (Å²) in [6.45, 7) is 5.35. The molecule has 9 heteroatoms. The lowest BCUT2D eigenvalue weighted by atomic mass is 10.1. The Balaban J connectivity index is 2.08. The average molecular weight is 426 g/mol. The van der Waals surface area contributed by atoms with Gasteiger partial charge in [-0.2, -0.15) is 13.2 Å². The first-order valence-corrected chi connectivity index (χ1v) is 10.7. The molecule has 0 aliphatic rings. The summed E-state index contributed by atoms with van der Waals surface area (Å²) >= 11 is 1.22. The number of rotatable bonds is 3. The van der Waals surface area contributed by atoms with Crippen molar-refractivity contribution >= 4 is 25.9 Å². The molecule has 2 aromatic heterocycles. The van der Waals surface area contributed by atoms with Crippen LogP contribution >= 0.6 is 11.3 Å². The number of alkyl halides is 3. The zero-order valence-electron chi connectivity index (χ0n) is 15.4. The molecule has 0 saturated heterocycles. The number of hydrogen-bond acceptors (Lipinski definition) is 4. The quantitative estimate of drug-likeness (QED) is 0.493. The number of nitrogens with two attached hydrogens (primary N) is 1. The number of aromatic nitrogens is 2. The Morgan fingerprint density at radius 3 is 2.39 bits per heavy atom. The van der Waals surface area contributed by atoms with Crippen LogP contribution in [-0.4, -0.2) is 19.0 Å². The molecular weight excluding hydrogens is 407 g/mol. The normalized spacial score (nSPS) is 14.0. The molecule has 4 nitrogen and oxygen atoms in total. The van der Waals surface area contributed by atoms with Crippen LogP contribution in [0.15, 0.2) is 46.9 Å². The standard InChI is InChI=1S/C19H18F3N3OS2/c1-11-6-4-5-7-15(11)17-12(2)27-18(25-17)28(23,26)13(3)14-8-9-16(24-10-14)19(20,21)22/h4-10H,1-3H3,(H2,23,26). The molecule has 1 atom stereocenters. The molecule has 0 amide bonds. The Labute approximate surface area is 165 Å². The van der Waals surface area contributed by atoms with Gasteiger partial charge in [-0.25, -0.2) is 9.19 Å². The number of halogens is 3. The third-order valence-electron chi connectivity index (χ3n) is 4.35. The molecular formula is C19H18F3N3OS2. The molecule has 0 fully saturated rings. The highest BCUT2D eigenvalue weighted by atomic mass is 32.2. The predicted octanol–water partition coefficient (Wildman–Crippen LogP) is 4.60. The van der Waals surface area contributed by atoms with E-state index < -0.39 is 21.6 Å². The second-order valence-corrected chi connectivity index (χ2v) is 9.95. The van der Waals surface area contributed by atoms with Crippen molar-refractivity contribution in [1.29, 1.82) is 0 Å². The topological polar surface area (TPSA) is 68.9 Å². The fraction of sp³-hybridized carbons (Fsp3) is 0.211. The Morgan fingerprint density at radius 2 is 1.82 bits per heavy atom. The Kier molecular flexibility index (Phi) is 5.35. The summed E-state index contributed by atoms with van der Waals surface area (Å²) in [6, 6.07) is 9.77. The van der Waals surface area contributed by atoms with Gasteiger partial charge in [-0.05, 0) is 32.4 Å². The first kappa shape index (κ1) is 20.5. The van der Waals surface area contributed by atoms with E-state index in [-0.39, 0.29) is 14.8 Å². The van der Waals surface area contributed by atoms with E-state index in [0.29, 0.717) is 5.69 Å². The van der Waals surface area contributed by atoms with Crippen LogP contribution in [0, 0.1) is 13.8 Å². The van der Waals surface area contributed by atoms with Crippen molar-refractivity contribution in [1.82, 2.24) is 9.97 Å². The zero-order chi connectivity index (χ0) is 20.7. The molecule has 2 heterocycles. The maximum atomic E-state index is 13.3. The Bertz CT molecular complexity index is 1140. The summed E-state index contributed by atoms with van der Waals surface area (Å²) in [5.41, 5.74) is 1.92. The maximum absolute atomic E-state index is 13.3. The molecule has 3 rings (SSSR count). The van der Waals surface area contributed by atoms with Crippen molar-refractivity contribution in [2.75, 3.05) is 0 Å². The average Bonchev–Trinajstić information content (AvgIpc) is 3.03. The second kappa shape index (κ2) is 7.31. The van der Waals surface area contributed by atoms with Crippen LogP contribution in [0.5, 0.6) is 0 Å². The van der Waals surface area contributed by atoms with E-state index in [2.05, 4.69) is 9.97 Å². The van der Waals surface area contributed by atoms with Crippen LogP contribution in [0.25, 0.3) is 11.3 Å². The number of nitrogens with zero attached hydrogens (tertiary/aromatic N) is 2. The van der Waals surface area contributed by atoms with Crippen molar-refractivity contribution < 1.29 is 17.4 Å². The van der Waals surface area contributed by atoms with Crippen LogP contribution < -0.4 is 5.14 Å². The summed E-state index contributed by atoms with van der Waals surface area (Å²) in [4.78, 5) is 9.03. The molecule has 28 heavy (non-hydrogen) atoms. The molecule has 1 aromatic carbocycles. The van der Waals surface area contributed by atoms with E-state index in [1.165, 1.54) is 24.3 Å². The fourth-order valence-corrected chi connectivity index (χ4v) is 5.52. The van der Waals surface area contributed by atoms with E-state index in [4.69, 9.17) is 5.14 Å². The number of aryl methyl sites for hydroxylation is 2. The molecule has 0 aliphatic carbocycles. The van der Waals surface area contributed by atoms with Crippen molar-refractivity contribution in [2.24, 2.45) is 5.14 Å². The first-order valence-electron chi connectivity index (χ1n) is 8.24. The van der Waals surface area contributed by atoms with E-state index in [0.717, 1.165) is 28.3 Å². The molecule has 0 aliphatic heterocycles. The van der Waals surface area contributed by atoms with Gasteiger partial charge in [0.15, 0.2) is 4.34 Å². The number of hydrogen-bond donors (Lipinski definition) is 1. The third kappa shape index (κ3) is 3.82. The highest BCUT2D eigenvalue weighted by Crippen LogP contribution is 2.32. The van der Waals surface area contributed by atoms with E-state index >= 15 is 0 Å². The van der Waals surface area contributed by atoms with Gasteiger partial charge in [0.05, 0.1) is 15.4 Å². The highest BCUT2D eigenvalue weighted by molar-refractivity contribution is 8.02. The van der Waals surface area contributed by atoms with Crippen LogP contribution in [0.1, 0.15) is 28.6 Å². The lowest BCUT2D eigenvalue weighted by Crippen LogP contribution is -2.22. The van der Waals surface area contributed by atoms with Gasteiger partial charge in [0.2, 0.25) is 0 Å². The lowest BCUT2D eigenvalue weighted by Gasteiger charge is -2.10. The van der Waals surface area contributed by atoms with Gasteiger partial charge in [0, 0.05) is 27.1 Å². The summed E-state index contributed by atoms with van der Waals surface area (Å²) < 4.78 is 51.6. The van der Waals surface area contributed by atoms with E-state index in [1.807, 2.05) is 38.1 Å². The second-order valence-electron chi connectivity index (χ2n) is 6.29. The molecule has 0 saturated carbocycles. The minimum atomic E-state index is -4.54. The van der Waals surface area contributed by atoms with Gasteiger partial charge in [-0.1, -0.05) is 30.3 Å². The third-order valence-corrected chi connectivity index (χ3v) is 7.87. The summed E-state index contributed by atoms with van der Waals surface area (Å²) in [7, 11) is -3.21. The molecule has 1 unspecified atom stereocenters. The minimum Gasteiger partial charge on any atom is -0.253 e. The van der Waals surface area contributed by atoms with Gasteiger partial charge < -0.3 is 0 Å². The molecule has 0 spiro atoms.